The van der Waals surface area contributed by atoms with E-state index in [1.165, 1.54) is 47.9 Å². The van der Waals surface area contributed by atoms with Crippen molar-refractivity contribution < 1.29 is 19.1 Å². The van der Waals surface area contributed by atoms with Crippen LogP contribution in [-0.4, -0.2) is 47.6 Å². The monoisotopic (exact) mass is 296 g/mol. The van der Waals surface area contributed by atoms with Crippen LogP contribution in [0.5, 0.6) is 0 Å². The Balaban J connectivity index is 2.85. The molecule has 0 aromatic heterocycles. The van der Waals surface area contributed by atoms with Gasteiger partial charge in [0.1, 0.15) is 11.4 Å². The van der Waals surface area contributed by atoms with Crippen LogP contribution in [0.3, 0.4) is 0 Å². The Hall–Kier alpha value is -1.95. The molecule has 1 N–H and O–H groups in total. The van der Waals surface area contributed by atoms with E-state index in [1.54, 1.807) is 7.05 Å². The maximum Gasteiger partial charge on any atom is 0.323 e. The highest BCUT2D eigenvalue weighted by Gasteiger charge is 2.33. The fraction of sp³-hybridized carbons (Fsp3) is 0.467. The summed E-state index contributed by atoms with van der Waals surface area (Å²) in [5.41, 5.74) is -0.553. The number of carboxylic acids is 1. The number of carboxylic acid groups (broad SMARTS) is 1. The minimum Gasteiger partial charge on any atom is -0.480 e. The smallest absolute Gasteiger partial charge is 0.323 e. The molecule has 0 radical (unpaired) electrons. The number of carbonyl (C=O) groups is 2. The molecule has 5 nitrogen and oxygen atoms in total. The number of nitrogens with zero attached hydrogens (tertiary/aromatic N) is 2. The fourth-order valence-electron chi connectivity index (χ4n) is 1.77. The Morgan fingerprint density at radius 3 is 2.19 bits per heavy atom. The number of benzene rings is 1. The fourth-order valence-corrected chi connectivity index (χ4v) is 1.77. The van der Waals surface area contributed by atoms with Crippen LogP contribution in [0.1, 0.15) is 20.8 Å². The first-order valence-corrected chi connectivity index (χ1v) is 6.70. The van der Waals surface area contributed by atoms with Crippen molar-refractivity contribution in [3.05, 3.63) is 30.1 Å². The summed E-state index contributed by atoms with van der Waals surface area (Å²) in [6.45, 7) is 5.27. The van der Waals surface area contributed by atoms with Crippen LogP contribution < -0.4 is 4.90 Å². The number of carbonyl (C=O) groups excluding carboxylic acids is 1. The molecular weight excluding hydrogens is 275 g/mol. The van der Waals surface area contributed by atoms with Gasteiger partial charge in [0.05, 0.1) is 6.54 Å². The molecule has 21 heavy (non-hydrogen) atoms. The molecule has 0 aliphatic heterocycles. The minimum atomic E-state index is -1.14. The SMILES string of the molecule is CCN(C(=O)CN(C)C(C)(C)C(=O)O)c1ccc(F)cc1. The van der Waals surface area contributed by atoms with Crippen LogP contribution in [0.25, 0.3) is 0 Å². The maximum atomic E-state index is 12.9. The van der Waals surface area contributed by atoms with E-state index in [0.717, 1.165) is 0 Å². The molecule has 1 amide bonds. The Kier molecular flexibility index (Phi) is 5.43. The summed E-state index contributed by atoms with van der Waals surface area (Å²) >= 11 is 0. The van der Waals surface area contributed by atoms with Gasteiger partial charge in [0.15, 0.2) is 0 Å². The van der Waals surface area contributed by atoms with Gasteiger partial charge in [-0.1, -0.05) is 0 Å². The van der Waals surface area contributed by atoms with Crippen molar-refractivity contribution in [3.63, 3.8) is 0 Å². The molecule has 0 aliphatic carbocycles. The molecule has 0 atom stereocenters. The minimum absolute atomic E-state index is 0.0372. The highest BCUT2D eigenvalue weighted by molar-refractivity contribution is 5.95. The molecule has 1 aromatic carbocycles. The Morgan fingerprint density at radius 2 is 1.76 bits per heavy atom. The van der Waals surface area contributed by atoms with Gasteiger partial charge >= 0.3 is 5.97 Å². The lowest BCUT2D eigenvalue weighted by molar-refractivity contribution is -0.149. The second-order valence-corrected chi connectivity index (χ2v) is 5.33. The molecule has 116 valence electrons. The summed E-state index contributed by atoms with van der Waals surface area (Å²) < 4.78 is 12.9. The van der Waals surface area contributed by atoms with Gasteiger partial charge in [-0.15, -0.1) is 0 Å². The summed E-state index contributed by atoms with van der Waals surface area (Å²) in [5.74, 6) is -1.60. The van der Waals surface area contributed by atoms with Crippen molar-refractivity contribution in [1.29, 1.82) is 0 Å². The van der Waals surface area contributed by atoms with Gasteiger partial charge in [-0.25, -0.2) is 4.39 Å². The van der Waals surface area contributed by atoms with Crippen LogP contribution in [0.2, 0.25) is 0 Å². The summed E-state index contributed by atoms with van der Waals surface area (Å²) in [4.78, 5) is 26.5. The van der Waals surface area contributed by atoms with Gasteiger partial charge < -0.3 is 10.0 Å². The van der Waals surface area contributed by atoms with Gasteiger partial charge in [-0.3, -0.25) is 14.5 Å². The second-order valence-electron chi connectivity index (χ2n) is 5.33. The first kappa shape index (κ1) is 17.1. The predicted molar refractivity (Wildman–Crippen MR) is 78.8 cm³/mol. The van der Waals surface area contributed by atoms with E-state index in [-0.39, 0.29) is 18.3 Å². The second kappa shape index (κ2) is 6.67. The third-order valence-corrected chi connectivity index (χ3v) is 3.61. The standard InChI is InChI=1S/C15H21FN2O3/c1-5-18(12-8-6-11(16)7-9-12)13(19)10-17(4)15(2,3)14(20)21/h6-9H,5,10H2,1-4H3,(H,20,21). The van der Waals surface area contributed by atoms with Crippen LogP contribution in [-0.2, 0) is 9.59 Å². The van der Waals surface area contributed by atoms with Gasteiger partial charge in [0.25, 0.3) is 0 Å². The number of hydrogen-bond acceptors (Lipinski definition) is 3. The van der Waals surface area contributed by atoms with Crippen LogP contribution in [0, 0.1) is 5.82 Å². The van der Waals surface area contributed by atoms with Gasteiger partial charge in [0, 0.05) is 12.2 Å². The van der Waals surface area contributed by atoms with Crippen molar-refractivity contribution in [1.82, 2.24) is 4.90 Å². The zero-order valence-corrected chi connectivity index (χ0v) is 12.8. The molecule has 0 unspecified atom stereocenters. The molecule has 1 rings (SSSR count). The Labute approximate surface area is 124 Å². The maximum absolute atomic E-state index is 12.9. The largest absolute Gasteiger partial charge is 0.480 e. The molecule has 0 bridgehead atoms. The van der Waals surface area contributed by atoms with Crippen molar-refractivity contribution in [2.45, 2.75) is 26.3 Å². The first-order chi connectivity index (χ1) is 9.70. The summed E-state index contributed by atoms with van der Waals surface area (Å²) in [5, 5.41) is 9.16. The Morgan fingerprint density at radius 1 is 1.24 bits per heavy atom. The number of halogens is 1. The Bertz CT molecular complexity index is 514. The van der Waals surface area contributed by atoms with E-state index in [0.29, 0.717) is 12.2 Å². The zero-order chi connectivity index (χ0) is 16.2. The number of hydrogen-bond donors (Lipinski definition) is 1. The topological polar surface area (TPSA) is 60.9 Å². The van der Waals surface area contributed by atoms with E-state index in [4.69, 9.17) is 5.11 Å². The lowest BCUT2D eigenvalue weighted by Gasteiger charge is -2.32. The first-order valence-electron chi connectivity index (χ1n) is 6.70. The lowest BCUT2D eigenvalue weighted by Crippen LogP contribution is -2.52. The zero-order valence-electron chi connectivity index (χ0n) is 12.8. The molecule has 6 heteroatoms. The third kappa shape index (κ3) is 4.01. The quantitative estimate of drug-likeness (QED) is 0.872. The lowest BCUT2D eigenvalue weighted by atomic mass is 10.0. The summed E-state index contributed by atoms with van der Waals surface area (Å²) in [6.07, 6.45) is 0. The van der Waals surface area contributed by atoms with Crippen molar-refractivity contribution >= 4 is 17.6 Å². The number of amides is 1. The average Bonchev–Trinajstić information content (AvgIpc) is 2.41. The van der Waals surface area contributed by atoms with Crippen molar-refractivity contribution in [2.75, 3.05) is 25.0 Å². The van der Waals surface area contributed by atoms with Crippen LogP contribution in [0.4, 0.5) is 10.1 Å². The molecule has 0 fully saturated rings. The molecule has 0 heterocycles. The molecule has 0 saturated heterocycles. The summed E-state index contributed by atoms with van der Waals surface area (Å²) in [6, 6.07) is 5.63. The number of likely N-dealkylation sites (N-methyl/N-ethyl adjacent to an activating group) is 2. The van der Waals surface area contributed by atoms with Crippen LogP contribution in [0.15, 0.2) is 24.3 Å². The molecule has 0 aliphatic rings. The predicted octanol–water partition coefficient (Wildman–Crippen LogP) is 1.97. The summed E-state index contributed by atoms with van der Waals surface area (Å²) in [7, 11) is 1.59. The van der Waals surface area contributed by atoms with E-state index in [9.17, 15) is 14.0 Å². The molecule has 0 saturated carbocycles. The highest BCUT2D eigenvalue weighted by Crippen LogP contribution is 2.17. The van der Waals surface area contributed by atoms with E-state index in [1.807, 2.05) is 6.92 Å². The van der Waals surface area contributed by atoms with Gasteiger partial charge in [-0.2, -0.15) is 0 Å². The normalized spacial score (nSPS) is 11.5. The van der Waals surface area contributed by atoms with Gasteiger partial charge in [0.2, 0.25) is 5.91 Å². The van der Waals surface area contributed by atoms with Crippen LogP contribution >= 0.6 is 0 Å². The average molecular weight is 296 g/mol. The van der Waals surface area contributed by atoms with E-state index >= 15 is 0 Å². The van der Waals surface area contributed by atoms with Crippen molar-refractivity contribution in [3.8, 4) is 0 Å². The molecule has 0 spiro atoms. The number of rotatable bonds is 6. The number of anilines is 1. The molecular formula is C15H21FN2O3. The van der Waals surface area contributed by atoms with Crippen molar-refractivity contribution in [2.24, 2.45) is 0 Å². The van der Waals surface area contributed by atoms with E-state index in [2.05, 4.69) is 0 Å². The highest BCUT2D eigenvalue weighted by atomic mass is 19.1. The third-order valence-electron chi connectivity index (χ3n) is 3.61. The number of aliphatic carboxylic acids is 1. The van der Waals surface area contributed by atoms with E-state index < -0.39 is 11.5 Å². The van der Waals surface area contributed by atoms with Gasteiger partial charge in [-0.05, 0) is 52.1 Å². The molecule has 1 aromatic rings.